The number of benzene rings is 1. The van der Waals surface area contributed by atoms with Crippen LogP contribution in [-0.4, -0.2) is 37.7 Å². The fourth-order valence-corrected chi connectivity index (χ4v) is 2.71. The zero-order valence-corrected chi connectivity index (χ0v) is 12.9. The summed E-state index contributed by atoms with van der Waals surface area (Å²) in [5.74, 6) is 0.975. The molecule has 1 N–H and O–H groups in total. The summed E-state index contributed by atoms with van der Waals surface area (Å²) in [5.41, 5.74) is 1.33. The van der Waals surface area contributed by atoms with Gasteiger partial charge in [0.05, 0.1) is 6.61 Å². The third-order valence-electron chi connectivity index (χ3n) is 4.03. The van der Waals surface area contributed by atoms with Crippen molar-refractivity contribution in [3.63, 3.8) is 0 Å². The first-order valence-corrected chi connectivity index (χ1v) is 7.92. The Balaban J connectivity index is 1.70. The van der Waals surface area contributed by atoms with E-state index in [0.717, 1.165) is 31.9 Å². The lowest BCUT2D eigenvalue weighted by Gasteiger charge is -2.32. The molecule has 1 saturated heterocycles. The SMILES string of the molecule is CCCOc1ccc(CNCC2CCCCN2C)cc1. The minimum atomic E-state index is 0.705. The van der Waals surface area contributed by atoms with Crippen molar-refractivity contribution in [2.45, 2.75) is 45.2 Å². The van der Waals surface area contributed by atoms with Crippen molar-refractivity contribution >= 4 is 0 Å². The average Bonchev–Trinajstić information content (AvgIpc) is 2.48. The molecular formula is C17H28N2O. The van der Waals surface area contributed by atoms with Crippen LogP contribution < -0.4 is 10.1 Å². The molecule has 20 heavy (non-hydrogen) atoms. The van der Waals surface area contributed by atoms with Gasteiger partial charge in [-0.1, -0.05) is 25.5 Å². The van der Waals surface area contributed by atoms with Crippen molar-refractivity contribution in [2.75, 3.05) is 26.7 Å². The van der Waals surface area contributed by atoms with Crippen LogP contribution in [0.1, 0.15) is 38.2 Å². The van der Waals surface area contributed by atoms with E-state index in [1.54, 1.807) is 0 Å². The monoisotopic (exact) mass is 276 g/mol. The first-order chi connectivity index (χ1) is 9.79. The summed E-state index contributed by atoms with van der Waals surface area (Å²) in [5, 5.41) is 3.58. The lowest BCUT2D eigenvalue weighted by atomic mass is 10.0. The third-order valence-corrected chi connectivity index (χ3v) is 4.03. The molecule has 1 unspecified atom stereocenters. The van der Waals surface area contributed by atoms with Crippen LogP contribution >= 0.6 is 0 Å². The number of nitrogens with zero attached hydrogens (tertiary/aromatic N) is 1. The summed E-state index contributed by atoms with van der Waals surface area (Å²) in [4.78, 5) is 2.48. The molecule has 1 aromatic carbocycles. The molecular weight excluding hydrogens is 248 g/mol. The molecule has 0 saturated carbocycles. The second-order valence-electron chi connectivity index (χ2n) is 5.75. The van der Waals surface area contributed by atoms with Crippen LogP contribution in [-0.2, 0) is 6.54 Å². The Hall–Kier alpha value is -1.06. The Kier molecular flexibility index (Phi) is 6.34. The van der Waals surface area contributed by atoms with E-state index < -0.39 is 0 Å². The Morgan fingerprint density at radius 1 is 1.25 bits per heavy atom. The first kappa shape index (κ1) is 15.3. The smallest absolute Gasteiger partial charge is 0.119 e. The Morgan fingerprint density at radius 2 is 2.05 bits per heavy atom. The van der Waals surface area contributed by atoms with E-state index in [1.165, 1.54) is 31.4 Å². The van der Waals surface area contributed by atoms with Crippen LogP contribution in [0.5, 0.6) is 5.75 Å². The fraction of sp³-hybridized carbons (Fsp3) is 0.647. The van der Waals surface area contributed by atoms with Gasteiger partial charge < -0.3 is 15.0 Å². The van der Waals surface area contributed by atoms with Gasteiger partial charge in [-0.05, 0) is 50.6 Å². The maximum absolute atomic E-state index is 5.60. The number of piperidine rings is 1. The van der Waals surface area contributed by atoms with Crippen molar-refractivity contribution in [2.24, 2.45) is 0 Å². The highest BCUT2D eigenvalue weighted by Crippen LogP contribution is 2.15. The zero-order chi connectivity index (χ0) is 14.2. The van der Waals surface area contributed by atoms with E-state index in [0.29, 0.717) is 6.04 Å². The van der Waals surface area contributed by atoms with Gasteiger partial charge in [-0.3, -0.25) is 0 Å². The standard InChI is InChI=1S/C17H28N2O/c1-3-12-20-17-9-7-15(8-10-17)13-18-14-16-6-4-5-11-19(16)2/h7-10,16,18H,3-6,11-14H2,1-2H3. The minimum Gasteiger partial charge on any atom is -0.494 e. The Morgan fingerprint density at radius 3 is 2.75 bits per heavy atom. The summed E-state index contributed by atoms with van der Waals surface area (Å²) in [6.07, 6.45) is 5.11. The van der Waals surface area contributed by atoms with Gasteiger partial charge in [-0.25, -0.2) is 0 Å². The molecule has 3 nitrogen and oxygen atoms in total. The predicted octanol–water partition coefficient (Wildman–Crippen LogP) is 3.05. The Labute approximate surface area is 123 Å². The van der Waals surface area contributed by atoms with Crippen LogP contribution in [0.3, 0.4) is 0 Å². The van der Waals surface area contributed by atoms with Gasteiger partial charge in [-0.2, -0.15) is 0 Å². The molecule has 1 aliphatic rings. The molecule has 1 heterocycles. The molecule has 112 valence electrons. The summed E-state index contributed by atoms with van der Waals surface area (Å²) in [6.45, 7) is 6.20. The molecule has 1 atom stereocenters. The van der Waals surface area contributed by atoms with E-state index in [4.69, 9.17) is 4.74 Å². The molecule has 1 aliphatic heterocycles. The number of rotatable bonds is 7. The van der Waals surface area contributed by atoms with Gasteiger partial charge in [0.1, 0.15) is 5.75 Å². The number of nitrogens with one attached hydrogen (secondary N) is 1. The number of likely N-dealkylation sites (tertiary alicyclic amines) is 1. The molecule has 2 rings (SSSR count). The van der Waals surface area contributed by atoms with Crippen molar-refractivity contribution in [1.29, 1.82) is 0 Å². The predicted molar refractivity (Wildman–Crippen MR) is 84.2 cm³/mol. The Bertz CT molecular complexity index is 377. The normalized spacial score (nSPS) is 20.0. The molecule has 0 radical (unpaired) electrons. The molecule has 1 fully saturated rings. The lowest BCUT2D eigenvalue weighted by molar-refractivity contribution is 0.181. The van der Waals surface area contributed by atoms with Crippen molar-refractivity contribution in [3.05, 3.63) is 29.8 Å². The molecule has 0 amide bonds. The highest BCUT2D eigenvalue weighted by Gasteiger charge is 2.17. The third kappa shape index (κ3) is 4.80. The van der Waals surface area contributed by atoms with Crippen molar-refractivity contribution < 1.29 is 4.74 Å². The van der Waals surface area contributed by atoms with Gasteiger partial charge in [0.15, 0.2) is 0 Å². The van der Waals surface area contributed by atoms with E-state index in [2.05, 4.69) is 48.5 Å². The van der Waals surface area contributed by atoms with Crippen molar-refractivity contribution in [1.82, 2.24) is 10.2 Å². The maximum atomic E-state index is 5.60. The van der Waals surface area contributed by atoms with E-state index >= 15 is 0 Å². The van der Waals surface area contributed by atoms with Gasteiger partial charge in [0, 0.05) is 19.1 Å². The highest BCUT2D eigenvalue weighted by atomic mass is 16.5. The van der Waals surface area contributed by atoms with E-state index in [-0.39, 0.29) is 0 Å². The molecule has 0 spiro atoms. The molecule has 0 bridgehead atoms. The first-order valence-electron chi connectivity index (χ1n) is 7.92. The highest BCUT2D eigenvalue weighted by molar-refractivity contribution is 5.27. The number of hydrogen-bond donors (Lipinski definition) is 1. The van der Waals surface area contributed by atoms with Crippen LogP contribution in [0.2, 0.25) is 0 Å². The minimum absolute atomic E-state index is 0.705. The number of hydrogen-bond acceptors (Lipinski definition) is 3. The molecule has 3 heteroatoms. The summed E-state index contributed by atoms with van der Waals surface area (Å²) in [6, 6.07) is 9.15. The number of ether oxygens (including phenoxy) is 1. The van der Waals surface area contributed by atoms with Gasteiger partial charge in [-0.15, -0.1) is 0 Å². The van der Waals surface area contributed by atoms with E-state index in [1.807, 2.05) is 0 Å². The fourth-order valence-electron chi connectivity index (χ4n) is 2.71. The molecule has 0 aromatic heterocycles. The zero-order valence-electron chi connectivity index (χ0n) is 12.9. The molecule has 1 aromatic rings. The van der Waals surface area contributed by atoms with Crippen LogP contribution in [0.4, 0.5) is 0 Å². The van der Waals surface area contributed by atoms with Crippen LogP contribution in [0.25, 0.3) is 0 Å². The van der Waals surface area contributed by atoms with Gasteiger partial charge in [0.25, 0.3) is 0 Å². The second kappa shape index (κ2) is 8.28. The quantitative estimate of drug-likeness (QED) is 0.828. The number of likely N-dealkylation sites (N-methyl/N-ethyl adjacent to an activating group) is 1. The second-order valence-corrected chi connectivity index (χ2v) is 5.75. The largest absolute Gasteiger partial charge is 0.494 e. The van der Waals surface area contributed by atoms with Gasteiger partial charge in [0.2, 0.25) is 0 Å². The summed E-state index contributed by atoms with van der Waals surface area (Å²) >= 11 is 0. The van der Waals surface area contributed by atoms with Crippen molar-refractivity contribution in [3.8, 4) is 5.75 Å². The topological polar surface area (TPSA) is 24.5 Å². The maximum Gasteiger partial charge on any atom is 0.119 e. The van der Waals surface area contributed by atoms with Crippen LogP contribution in [0, 0.1) is 0 Å². The lowest BCUT2D eigenvalue weighted by Crippen LogP contribution is -2.42. The van der Waals surface area contributed by atoms with Gasteiger partial charge >= 0.3 is 0 Å². The molecule has 0 aliphatic carbocycles. The van der Waals surface area contributed by atoms with Crippen LogP contribution in [0.15, 0.2) is 24.3 Å². The average molecular weight is 276 g/mol. The summed E-state index contributed by atoms with van der Waals surface area (Å²) in [7, 11) is 2.24. The summed E-state index contributed by atoms with van der Waals surface area (Å²) < 4.78 is 5.60. The van der Waals surface area contributed by atoms with E-state index in [9.17, 15) is 0 Å².